The lowest BCUT2D eigenvalue weighted by Crippen LogP contribution is -2.43. The first kappa shape index (κ1) is 16.8. The standard InChI is InChI=1S/C16H21N3O4/c1-9(17-15(22)23-16(2,3)4)14(21)18-11-5-6-12-10(7-11)8-13(20)19-12/h5-7,9H,8H2,1-4H3,(H,17,22)(H,18,21)(H,19,20)/t9-/m0/s1. The molecular weight excluding hydrogens is 298 g/mol. The molecule has 0 aliphatic carbocycles. The number of hydrogen-bond donors (Lipinski definition) is 3. The summed E-state index contributed by atoms with van der Waals surface area (Å²) < 4.78 is 5.11. The molecule has 0 saturated heterocycles. The zero-order valence-corrected chi connectivity index (χ0v) is 13.6. The van der Waals surface area contributed by atoms with Gasteiger partial charge in [0.15, 0.2) is 0 Å². The molecule has 0 aromatic heterocycles. The largest absolute Gasteiger partial charge is 0.444 e. The fourth-order valence-electron chi connectivity index (χ4n) is 2.11. The molecule has 1 aliphatic heterocycles. The Labute approximate surface area is 134 Å². The third-order valence-electron chi connectivity index (χ3n) is 3.12. The van der Waals surface area contributed by atoms with Gasteiger partial charge in [-0.1, -0.05) is 0 Å². The average Bonchev–Trinajstić information content (AvgIpc) is 2.75. The first-order valence-corrected chi connectivity index (χ1v) is 7.37. The minimum Gasteiger partial charge on any atom is -0.444 e. The van der Waals surface area contributed by atoms with Crippen LogP contribution < -0.4 is 16.0 Å². The van der Waals surface area contributed by atoms with Crippen LogP contribution in [0.25, 0.3) is 0 Å². The molecule has 3 amide bonds. The Balaban J connectivity index is 1.93. The molecule has 23 heavy (non-hydrogen) atoms. The average molecular weight is 319 g/mol. The molecule has 0 fully saturated rings. The van der Waals surface area contributed by atoms with Crippen molar-refractivity contribution in [3.8, 4) is 0 Å². The van der Waals surface area contributed by atoms with Crippen molar-refractivity contribution in [1.29, 1.82) is 0 Å². The Morgan fingerprint density at radius 1 is 1.30 bits per heavy atom. The van der Waals surface area contributed by atoms with Gasteiger partial charge in [0.2, 0.25) is 11.8 Å². The van der Waals surface area contributed by atoms with Crippen molar-refractivity contribution in [2.24, 2.45) is 0 Å². The van der Waals surface area contributed by atoms with Crippen molar-refractivity contribution in [3.05, 3.63) is 23.8 Å². The number of nitrogens with one attached hydrogen (secondary N) is 3. The van der Waals surface area contributed by atoms with Crippen molar-refractivity contribution in [3.63, 3.8) is 0 Å². The minimum absolute atomic E-state index is 0.0663. The van der Waals surface area contributed by atoms with Gasteiger partial charge in [-0.25, -0.2) is 4.79 Å². The number of carbonyl (C=O) groups is 3. The third-order valence-corrected chi connectivity index (χ3v) is 3.12. The second-order valence-corrected chi connectivity index (χ2v) is 6.45. The quantitative estimate of drug-likeness (QED) is 0.794. The molecule has 0 spiro atoms. The third kappa shape index (κ3) is 4.70. The first-order chi connectivity index (χ1) is 10.6. The van der Waals surface area contributed by atoms with E-state index in [1.165, 1.54) is 0 Å². The molecule has 0 radical (unpaired) electrons. The number of rotatable bonds is 3. The van der Waals surface area contributed by atoms with E-state index in [0.717, 1.165) is 11.3 Å². The molecule has 1 aliphatic rings. The normalized spacial score (nSPS) is 14.5. The molecule has 3 N–H and O–H groups in total. The summed E-state index contributed by atoms with van der Waals surface area (Å²) >= 11 is 0. The van der Waals surface area contributed by atoms with Crippen molar-refractivity contribution < 1.29 is 19.1 Å². The Hall–Kier alpha value is -2.57. The second kappa shape index (κ2) is 6.28. The highest BCUT2D eigenvalue weighted by atomic mass is 16.6. The molecule has 7 heteroatoms. The van der Waals surface area contributed by atoms with Crippen molar-refractivity contribution in [2.75, 3.05) is 10.6 Å². The van der Waals surface area contributed by atoms with E-state index in [4.69, 9.17) is 4.74 Å². The summed E-state index contributed by atoms with van der Waals surface area (Å²) in [5.74, 6) is -0.434. The SMILES string of the molecule is C[C@H](NC(=O)OC(C)(C)C)C(=O)Nc1ccc2c(c1)CC(=O)N2. The number of alkyl carbamates (subject to hydrolysis) is 1. The molecule has 2 rings (SSSR count). The molecule has 1 heterocycles. The predicted octanol–water partition coefficient (Wildman–Crippen LogP) is 2.03. The Morgan fingerprint density at radius 2 is 2.00 bits per heavy atom. The van der Waals surface area contributed by atoms with Crippen molar-refractivity contribution in [1.82, 2.24) is 5.32 Å². The van der Waals surface area contributed by atoms with Crippen LogP contribution in [0.4, 0.5) is 16.2 Å². The fourth-order valence-corrected chi connectivity index (χ4v) is 2.11. The zero-order valence-electron chi connectivity index (χ0n) is 13.6. The lowest BCUT2D eigenvalue weighted by Gasteiger charge is -2.21. The number of ether oxygens (including phenoxy) is 1. The molecule has 124 valence electrons. The van der Waals surface area contributed by atoms with Crippen molar-refractivity contribution >= 4 is 29.3 Å². The van der Waals surface area contributed by atoms with Gasteiger partial charge in [-0.3, -0.25) is 9.59 Å². The van der Waals surface area contributed by atoms with Gasteiger partial charge < -0.3 is 20.7 Å². The molecule has 0 bridgehead atoms. The van der Waals surface area contributed by atoms with E-state index in [9.17, 15) is 14.4 Å². The molecular formula is C16H21N3O4. The van der Waals surface area contributed by atoms with Gasteiger partial charge in [-0.2, -0.15) is 0 Å². The highest BCUT2D eigenvalue weighted by Gasteiger charge is 2.22. The minimum atomic E-state index is -0.752. The highest BCUT2D eigenvalue weighted by Crippen LogP contribution is 2.26. The number of benzene rings is 1. The van der Waals surface area contributed by atoms with E-state index < -0.39 is 17.7 Å². The summed E-state index contributed by atoms with van der Waals surface area (Å²) in [5, 5.41) is 7.91. The van der Waals surface area contributed by atoms with Crippen LogP contribution in [0.2, 0.25) is 0 Å². The van der Waals surface area contributed by atoms with E-state index in [2.05, 4.69) is 16.0 Å². The van der Waals surface area contributed by atoms with E-state index >= 15 is 0 Å². The lowest BCUT2D eigenvalue weighted by atomic mass is 10.1. The van der Waals surface area contributed by atoms with Crippen LogP contribution in [0.1, 0.15) is 33.3 Å². The Kier molecular flexibility index (Phi) is 4.58. The Bertz CT molecular complexity index is 649. The predicted molar refractivity (Wildman–Crippen MR) is 86.2 cm³/mol. The summed E-state index contributed by atoms with van der Waals surface area (Å²) in [7, 11) is 0. The lowest BCUT2D eigenvalue weighted by molar-refractivity contribution is -0.118. The van der Waals surface area contributed by atoms with E-state index in [1.807, 2.05) is 0 Å². The van der Waals surface area contributed by atoms with Crippen LogP contribution in [0, 0.1) is 0 Å². The van der Waals surface area contributed by atoms with E-state index in [-0.39, 0.29) is 11.8 Å². The maximum absolute atomic E-state index is 12.1. The van der Waals surface area contributed by atoms with Crippen molar-refractivity contribution in [2.45, 2.75) is 45.8 Å². The number of hydrogen-bond acceptors (Lipinski definition) is 4. The summed E-state index contributed by atoms with van der Waals surface area (Å²) in [6.45, 7) is 6.81. The van der Waals surface area contributed by atoms with Crippen LogP contribution in [0.5, 0.6) is 0 Å². The molecule has 1 aromatic rings. The van der Waals surface area contributed by atoms with E-state index in [0.29, 0.717) is 12.1 Å². The van der Waals surface area contributed by atoms with Gasteiger partial charge in [0.05, 0.1) is 6.42 Å². The van der Waals surface area contributed by atoms with Crippen LogP contribution in [-0.2, 0) is 20.7 Å². The summed E-state index contributed by atoms with van der Waals surface area (Å²) in [6, 6.07) is 4.42. The topological polar surface area (TPSA) is 96.5 Å². The van der Waals surface area contributed by atoms with Gasteiger partial charge in [0.25, 0.3) is 0 Å². The number of fused-ring (bicyclic) bond motifs is 1. The number of carbonyl (C=O) groups excluding carboxylic acids is 3. The summed E-state index contributed by atoms with van der Waals surface area (Å²) in [4.78, 5) is 35.1. The van der Waals surface area contributed by atoms with Crippen LogP contribution >= 0.6 is 0 Å². The van der Waals surface area contributed by atoms with Gasteiger partial charge in [-0.15, -0.1) is 0 Å². The van der Waals surface area contributed by atoms with Crippen LogP contribution in [-0.4, -0.2) is 29.6 Å². The Morgan fingerprint density at radius 3 is 2.65 bits per heavy atom. The first-order valence-electron chi connectivity index (χ1n) is 7.37. The fraction of sp³-hybridized carbons (Fsp3) is 0.438. The van der Waals surface area contributed by atoms with Gasteiger partial charge in [0, 0.05) is 11.4 Å². The maximum Gasteiger partial charge on any atom is 0.408 e. The van der Waals surface area contributed by atoms with Gasteiger partial charge >= 0.3 is 6.09 Å². The monoisotopic (exact) mass is 319 g/mol. The zero-order chi connectivity index (χ0) is 17.2. The van der Waals surface area contributed by atoms with Gasteiger partial charge in [-0.05, 0) is 51.5 Å². The van der Waals surface area contributed by atoms with Crippen LogP contribution in [0.3, 0.4) is 0 Å². The summed E-state index contributed by atoms with van der Waals surface area (Å²) in [6.07, 6.45) is -0.353. The molecule has 0 saturated carbocycles. The van der Waals surface area contributed by atoms with E-state index in [1.54, 1.807) is 45.9 Å². The van der Waals surface area contributed by atoms with Gasteiger partial charge in [0.1, 0.15) is 11.6 Å². The molecule has 7 nitrogen and oxygen atoms in total. The smallest absolute Gasteiger partial charge is 0.408 e. The summed E-state index contributed by atoms with van der Waals surface area (Å²) in [5.41, 5.74) is 1.54. The second-order valence-electron chi connectivity index (χ2n) is 6.45. The number of amides is 3. The molecule has 1 aromatic carbocycles. The molecule has 1 atom stereocenters. The van der Waals surface area contributed by atoms with Crippen LogP contribution in [0.15, 0.2) is 18.2 Å². The number of anilines is 2. The molecule has 0 unspecified atom stereocenters. The maximum atomic E-state index is 12.1. The highest BCUT2D eigenvalue weighted by molar-refractivity contribution is 6.01.